The summed E-state index contributed by atoms with van der Waals surface area (Å²) in [5.41, 5.74) is 0. The summed E-state index contributed by atoms with van der Waals surface area (Å²) in [6, 6.07) is 0. The third-order valence-electron chi connectivity index (χ3n) is 0.963. The van der Waals surface area contributed by atoms with E-state index in [4.69, 9.17) is 0 Å². The van der Waals surface area contributed by atoms with Gasteiger partial charge in [0.25, 0.3) is 5.91 Å². The molecule has 0 aliphatic carbocycles. The molecule has 0 unspecified atom stereocenters. The van der Waals surface area contributed by atoms with Gasteiger partial charge >= 0.3 is 5.96 Å². The lowest BCUT2D eigenvalue weighted by molar-refractivity contribution is -0.427. The van der Waals surface area contributed by atoms with Gasteiger partial charge in [0.15, 0.2) is 0 Å². The summed E-state index contributed by atoms with van der Waals surface area (Å²) in [6.07, 6.45) is 0. The number of amides is 1. The minimum absolute atomic E-state index is 0. The molecule has 0 saturated heterocycles. The van der Waals surface area contributed by atoms with Crippen LogP contribution in [-0.2, 0) is 4.79 Å². The number of hydrogen-bond donors (Lipinski definition) is 2. The van der Waals surface area contributed by atoms with Gasteiger partial charge in [0.05, 0.1) is 14.1 Å². The van der Waals surface area contributed by atoms with E-state index in [2.05, 4.69) is 10.3 Å². The molecular formula is C5H11IN3O2-. The number of carbonyl (C=O) groups excluding carboxylic acids is 1. The maximum absolute atomic E-state index is 10.7. The van der Waals surface area contributed by atoms with Crippen LogP contribution in [0, 0.1) is 5.21 Å². The summed E-state index contributed by atoms with van der Waals surface area (Å²) < 4.78 is 0. The van der Waals surface area contributed by atoms with Gasteiger partial charge in [-0.1, -0.05) is 0 Å². The van der Waals surface area contributed by atoms with E-state index >= 15 is 0 Å². The highest BCUT2D eigenvalue weighted by atomic mass is 127. The smallest absolute Gasteiger partial charge is 0.346 e. The summed E-state index contributed by atoms with van der Waals surface area (Å²) >= 11 is 0. The fourth-order valence-corrected chi connectivity index (χ4v) is 0.486. The fourth-order valence-electron chi connectivity index (χ4n) is 0.486. The molecule has 1 amide bonds. The Kier molecular flexibility index (Phi) is 7.64. The summed E-state index contributed by atoms with van der Waals surface area (Å²) in [5, 5.41) is 13.5. The quantitative estimate of drug-likeness (QED) is 0.200. The normalized spacial score (nSPS) is 10.0. The standard InChI is InChI=1S/C5H10N3O2.HI/c1-4(9)8(10)5(6-2)7-3;/h1-3H3,(H,6,7);1H/q-1;. The second-order valence-corrected chi connectivity index (χ2v) is 1.66. The molecule has 0 fully saturated rings. The van der Waals surface area contributed by atoms with Crippen molar-refractivity contribution in [1.29, 1.82) is 0 Å². The van der Waals surface area contributed by atoms with Gasteiger partial charge in [0.2, 0.25) is 0 Å². The zero-order chi connectivity index (χ0) is 8.15. The fraction of sp³-hybridized carbons (Fsp3) is 0.600. The summed E-state index contributed by atoms with van der Waals surface area (Å²) in [4.78, 5) is 12.9. The molecule has 0 bridgehead atoms. The van der Waals surface area contributed by atoms with Gasteiger partial charge in [-0.3, -0.25) is 20.2 Å². The molecule has 0 spiro atoms. The molecule has 0 heterocycles. The maximum Gasteiger partial charge on any atom is 0.346 e. The van der Waals surface area contributed by atoms with E-state index in [9.17, 15) is 10.0 Å². The topological polar surface area (TPSA) is 69.4 Å². The predicted molar refractivity (Wildman–Crippen MR) is 36.8 cm³/mol. The highest BCUT2D eigenvalue weighted by Crippen LogP contribution is 1.79. The predicted octanol–water partition coefficient (Wildman–Crippen LogP) is -5.38. The zero-order valence-electron chi connectivity index (χ0n) is 6.64. The second kappa shape index (κ2) is 6.35. The first kappa shape index (κ1) is 13.2. The van der Waals surface area contributed by atoms with E-state index in [0.717, 1.165) is 0 Å². The Morgan fingerprint density at radius 3 is 2.18 bits per heavy atom. The van der Waals surface area contributed by atoms with Crippen LogP contribution >= 0.6 is 0 Å². The van der Waals surface area contributed by atoms with E-state index in [1.54, 1.807) is 14.1 Å². The number of hydrogen-bond acceptors (Lipinski definition) is 2. The number of guanidine groups is 1. The van der Waals surface area contributed by atoms with Gasteiger partial charge in [-0.2, -0.15) is 0 Å². The molecule has 0 rings (SSSR count). The van der Waals surface area contributed by atoms with Gasteiger partial charge in [-0.15, -0.1) is 0 Å². The van der Waals surface area contributed by atoms with Crippen LogP contribution in [0.25, 0.3) is 0 Å². The molecule has 6 heteroatoms. The lowest BCUT2D eigenvalue weighted by Crippen LogP contribution is -3.00. The van der Waals surface area contributed by atoms with Crippen molar-refractivity contribution < 1.29 is 33.8 Å². The Labute approximate surface area is 82.5 Å². The first-order valence-electron chi connectivity index (χ1n) is 2.83. The highest BCUT2D eigenvalue weighted by Gasteiger charge is 2.09. The van der Waals surface area contributed by atoms with Crippen LogP contribution in [0.1, 0.15) is 6.92 Å². The number of carbonyl (C=O) groups is 1. The highest BCUT2D eigenvalue weighted by molar-refractivity contribution is 5.93. The van der Waals surface area contributed by atoms with Gasteiger partial charge < -0.3 is 29.2 Å². The van der Waals surface area contributed by atoms with Crippen LogP contribution in [0.5, 0.6) is 0 Å². The molecule has 0 aromatic rings. The Balaban J connectivity index is 0. The van der Waals surface area contributed by atoms with E-state index in [0.29, 0.717) is 0 Å². The van der Waals surface area contributed by atoms with Gasteiger partial charge in [-0.25, -0.2) is 0 Å². The van der Waals surface area contributed by atoms with Crippen molar-refractivity contribution in [2.45, 2.75) is 6.92 Å². The van der Waals surface area contributed by atoms with Crippen LogP contribution in [0.15, 0.2) is 0 Å². The van der Waals surface area contributed by atoms with E-state index in [-0.39, 0.29) is 35.0 Å². The molecule has 2 N–H and O–H groups in total. The van der Waals surface area contributed by atoms with E-state index in [1.807, 2.05) is 0 Å². The second-order valence-electron chi connectivity index (χ2n) is 1.66. The van der Waals surface area contributed by atoms with Crippen molar-refractivity contribution in [3.05, 3.63) is 5.21 Å². The molecule has 0 aromatic carbocycles. The minimum Gasteiger partial charge on any atom is -1.00 e. The van der Waals surface area contributed by atoms with Crippen LogP contribution < -0.4 is 34.3 Å². The average molecular weight is 272 g/mol. The third-order valence-corrected chi connectivity index (χ3v) is 0.963. The number of halogens is 1. The van der Waals surface area contributed by atoms with Crippen molar-refractivity contribution in [3.63, 3.8) is 0 Å². The summed E-state index contributed by atoms with van der Waals surface area (Å²) in [5.74, 6) is -0.411. The molecule has 0 saturated carbocycles. The molecule has 5 nitrogen and oxygen atoms in total. The third kappa shape index (κ3) is 4.14. The summed E-state index contributed by atoms with van der Waals surface area (Å²) in [7, 11) is 3.11. The van der Waals surface area contributed by atoms with Crippen LogP contribution in [0.4, 0.5) is 0 Å². The van der Waals surface area contributed by atoms with Gasteiger partial charge in [0.1, 0.15) is 0 Å². The molecular weight excluding hydrogens is 261 g/mol. The monoisotopic (exact) mass is 272 g/mol. The Morgan fingerprint density at radius 2 is 2.09 bits per heavy atom. The molecule has 0 radical (unpaired) electrons. The van der Waals surface area contributed by atoms with E-state index < -0.39 is 5.91 Å². The lowest BCUT2D eigenvalue weighted by Gasteiger charge is -2.17. The Morgan fingerprint density at radius 1 is 1.64 bits per heavy atom. The molecule has 0 aliphatic heterocycles. The molecule has 11 heavy (non-hydrogen) atoms. The number of nitrogens with one attached hydrogen (secondary N) is 2. The molecule has 66 valence electrons. The number of rotatable bonds is 0. The van der Waals surface area contributed by atoms with Crippen LogP contribution in [0.2, 0.25) is 0 Å². The average Bonchev–Trinajstić information content (AvgIpc) is 1.90. The van der Waals surface area contributed by atoms with Gasteiger partial charge in [-0.05, 0) is 0 Å². The van der Waals surface area contributed by atoms with Crippen molar-refractivity contribution in [2.24, 2.45) is 0 Å². The first-order chi connectivity index (χ1) is 4.63. The van der Waals surface area contributed by atoms with Crippen molar-refractivity contribution in [2.75, 3.05) is 14.1 Å². The van der Waals surface area contributed by atoms with Crippen LogP contribution in [-0.4, -0.2) is 31.0 Å². The SMILES string of the molecule is CNC(=[NH+]C)N([O-])C(C)=O.[I-]. The number of nitrogens with zero attached hydrogens (tertiary/aromatic N) is 1. The van der Waals surface area contributed by atoms with Crippen molar-refractivity contribution >= 4 is 11.9 Å². The molecule has 0 atom stereocenters. The summed E-state index contributed by atoms with van der Waals surface area (Å²) in [6.45, 7) is 1.20. The van der Waals surface area contributed by atoms with Crippen LogP contribution in [0.3, 0.4) is 0 Å². The lowest BCUT2D eigenvalue weighted by atomic mass is 10.7. The van der Waals surface area contributed by atoms with Crippen molar-refractivity contribution in [1.82, 2.24) is 10.4 Å². The Bertz CT molecular complexity index is 160. The van der Waals surface area contributed by atoms with E-state index in [1.165, 1.54) is 6.92 Å². The molecule has 0 aromatic heterocycles. The first-order valence-corrected chi connectivity index (χ1v) is 2.83. The Hall–Kier alpha value is -0.370. The largest absolute Gasteiger partial charge is 1.00 e. The molecule has 0 aliphatic rings. The minimum atomic E-state index is -0.557. The zero-order valence-corrected chi connectivity index (χ0v) is 8.80. The van der Waals surface area contributed by atoms with Crippen molar-refractivity contribution in [3.8, 4) is 0 Å². The van der Waals surface area contributed by atoms with Gasteiger partial charge in [0, 0.05) is 6.92 Å². The number of hydroxylamine groups is 2. The maximum atomic E-state index is 10.7.